The number of hydrogen-bond donors (Lipinski definition) is 1. The number of carbonyl (C=O) groups excluding carboxylic acids is 2. The van der Waals surface area contributed by atoms with E-state index in [4.69, 9.17) is 0 Å². The van der Waals surface area contributed by atoms with Gasteiger partial charge in [0.25, 0.3) is 5.91 Å². The van der Waals surface area contributed by atoms with E-state index >= 15 is 0 Å². The van der Waals surface area contributed by atoms with Gasteiger partial charge in [0.1, 0.15) is 0 Å². The fraction of sp³-hybridized carbons (Fsp3) is 0.450. The van der Waals surface area contributed by atoms with Crippen molar-refractivity contribution < 1.29 is 9.59 Å². The van der Waals surface area contributed by atoms with Crippen molar-refractivity contribution in [2.24, 2.45) is 0 Å². The van der Waals surface area contributed by atoms with Gasteiger partial charge >= 0.3 is 0 Å². The van der Waals surface area contributed by atoms with E-state index in [9.17, 15) is 9.59 Å². The lowest BCUT2D eigenvalue weighted by molar-refractivity contribution is -0.132. The molecule has 1 aliphatic rings. The van der Waals surface area contributed by atoms with Crippen LogP contribution in [0.3, 0.4) is 0 Å². The Morgan fingerprint density at radius 1 is 1.27 bits per heavy atom. The number of amides is 2. The first kappa shape index (κ1) is 18.6. The maximum Gasteiger partial charge on any atom is 0.251 e. The van der Waals surface area contributed by atoms with Crippen LogP contribution in [0.2, 0.25) is 0 Å². The van der Waals surface area contributed by atoms with E-state index in [1.165, 1.54) is 0 Å². The molecule has 2 heterocycles. The van der Waals surface area contributed by atoms with Gasteiger partial charge in [0, 0.05) is 42.7 Å². The highest BCUT2D eigenvalue weighted by molar-refractivity contribution is 7.09. The lowest BCUT2D eigenvalue weighted by atomic mass is 10.0. The lowest BCUT2D eigenvalue weighted by Crippen LogP contribution is -2.46. The third-order valence-corrected chi connectivity index (χ3v) is 5.68. The van der Waals surface area contributed by atoms with Crippen LogP contribution in [0, 0.1) is 6.92 Å². The van der Waals surface area contributed by atoms with Crippen molar-refractivity contribution in [2.75, 3.05) is 13.1 Å². The molecule has 2 aromatic rings. The summed E-state index contributed by atoms with van der Waals surface area (Å²) in [7, 11) is 0. The third kappa shape index (κ3) is 4.91. The molecule has 1 aromatic carbocycles. The Morgan fingerprint density at radius 3 is 2.73 bits per heavy atom. The molecule has 3 rings (SSSR count). The molecule has 138 valence electrons. The highest BCUT2D eigenvalue weighted by Crippen LogP contribution is 2.15. The second-order valence-electron chi connectivity index (χ2n) is 6.72. The Bertz CT molecular complexity index is 737. The summed E-state index contributed by atoms with van der Waals surface area (Å²) in [4.78, 5) is 30.9. The molecule has 0 radical (unpaired) electrons. The summed E-state index contributed by atoms with van der Waals surface area (Å²) >= 11 is 1.64. The van der Waals surface area contributed by atoms with Crippen molar-refractivity contribution >= 4 is 23.2 Å². The molecule has 1 aliphatic heterocycles. The van der Waals surface area contributed by atoms with E-state index in [0.29, 0.717) is 6.42 Å². The molecule has 0 aliphatic carbocycles. The zero-order valence-electron chi connectivity index (χ0n) is 15.1. The zero-order chi connectivity index (χ0) is 18.4. The van der Waals surface area contributed by atoms with Gasteiger partial charge in [-0.05, 0) is 44.2 Å². The Kier molecular flexibility index (Phi) is 6.39. The number of thiazole rings is 1. The quantitative estimate of drug-likeness (QED) is 0.848. The second kappa shape index (κ2) is 8.94. The number of likely N-dealkylation sites (tertiary alicyclic amines) is 1. The number of hydrogen-bond acceptors (Lipinski definition) is 4. The van der Waals surface area contributed by atoms with Gasteiger partial charge in [-0.2, -0.15) is 0 Å². The molecular formula is C20H25N3O2S. The van der Waals surface area contributed by atoms with E-state index in [-0.39, 0.29) is 17.9 Å². The molecule has 0 saturated carbocycles. The first-order valence-electron chi connectivity index (χ1n) is 9.16. The largest absolute Gasteiger partial charge is 0.349 e. The minimum Gasteiger partial charge on any atom is -0.349 e. The number of benzene rings is 1. The highest BCUT2D eigenvalue weighted by Gasteiger charge is 2.24. The summed E-state index contributed by atoms with van der Waals surface area (Å²) in [5.74, 6) is 0.196. The first-order chi connectivity index (χ1) is 12.6. The molecule has 1 N–H and O–H groups in total. The average Bonchev–Trinajstić information content (AvgIpc) is 3.16. The fourth-order valence-corrected chi connectivity index (χ4v) is 3.95. The van der Waals surface area contributed by atoms with Crippen LogP contribution in [0.1, 0.15) is 46.6 Å². The summed E-state index contributed by atoms with van der Waals surface area (Å²) in [6.45, 7) is 3.38. The van der Waals surface area contributed by atoms with Crippen LogP contribution in [-0.4, -0.2) is 40.8 Å². The van der Waals surface area contributed by atoms with Crippen molar-refractivity contribution in [1.29, 1.82) is 0 Å². The summed E-state index contributed by atoms with van der Waals surface area (Å²) in [6.07, 6.45) is 5.71. The van der Waals surface area contributed by atoms with Gasteiger partial charge in [0.15, 0.2) is 0 Å². The van der Waals surface area contributed by atoms with Crippen LogP contribution >= 0.6 is 11.3 Å². The molecule has 0 atom stereocenters. The summed E-state index contributed by atoms with van der Waals surface area (Å²) < 4.78 is 0. The smallest absolute Gasteiger partial charge is 0.251 e. The van der Waals surface area contributed by atoms with Gasteiger partial charge in [0.05, 0.1) is 5.01 Å². The molecule has 2 amide bonds. The summed E-state index contributed by atoms with van der Waals surface area (Å²) in [5.41, 5.74) is 1.71. The first-order valence-corrected chi connectivity index (χ1v) is 10.0. The molecule has 6 heteroatoms. The lowest BCUT2D eigenvalue weighted by Gasteiger charge is -2.32. The molecule has 1 fully saturated rings. The normalized spacial score (nSPS) is 15.0. The topological polar surface area (TPSA) is 62.3 Å². The Labute approximate surface area is 158 Å². The van der Waals surface area contributed by atoms with Gasteiger partial charge in [-0.25, -0.2) is 4.98 Å². The molecule has 26 heavy (non-hydrogen) atoms. The van der Waals surface area contributed by atoms with E-state index in [1.807, 2.05) is 41.5 Å². The fourth-order valence-electron chi connectivity index (χ4n) is 3.29. The summed E-state index contributed by atoms with van der Waals surface area (Å²) in [5, 5.41) is 6.17. The molecule has 1 saturated heterocycles. The maximum atomic E-state index is 12.4. The number of piperidine rings is 1. The number of aryl methyl sites for hydroxylation is 2. The maximum absolute atomic E-state index is 12.4. The van der Waals surface area contributed by atoms with Crippen LogP contribution in [0.25, 0.3) is 0 Å². The third-order valence-electron chi connectivity index (χ3n) is 4.84. The number of aromatic nitrogens is 1. The number of rotatable bonds is 6. The molecule has 0 bridgehead atoms. The van der Waals surface area contributed by atoms with Crippen molar-refractivity contribution in [2.45, 2.75) is 45.1 Å². The molecule has 5 nitrogen and oxygen atoms in total. The van der Waals surface area contributed by atoms with E-state index in [2.05, 4.69) is 10.3 Å². The molecule has 1 aromatic heterocycles. The van der Waals surface area contributed by atoms with Crippen molar-refractivity contribution in [3.05, 3.63) is 52.0 Å². The number of nitrogens with one attached hydrogen (secondary N) is 1. The zero-order valence-corrected chi connectivity index (χ0v) is 15.9. The van der Waals surface area contributed by atoms with Gasteiger partial charge in [0.2, 0.25) is 5.91 Å². The number of carbonyl (C=O) groups is 2. The van der Waals surface area contributed by atoms with Gasteiger partial charge in [-0.1, -0.05) is 18.2 Å². The van der Waals surface area contributed by atoms with Crippen LogP contribution in [-0.2, 0) is 11.2 Å². The van der Waals surface area contributed by atoms with Crippen molar-refractivity contribution in [3.8, 4) is 0 Å². The second-order valence-corrected chi connectivity index (χ2v) is 7.70. The molecular weight excluding hydrogens is 346 g/mol. The van der Waals surface area contributed by atoms with E-state index in [1.54, 1.807) is 17.5 Å². The van der Waals surface area contributed by atoms with Crippen LogP contribution < -0.4 is 5.32 Å². The summed E-state index contributed by atoms with van der Waals surface area (Å²) in [6, 6.07) is 7.76. The average molecular weight is 372 g/mol. The van der Waals surface area contributed by atoms with Crippen LogP contribution in [0.15, 0.2) is 35.8 Å². The SMILES string of the molecule is Cc1ccccc1C(=O)NC1CCN(C(=O)CCCc2nccs2)CC1. The van der Waals surface area contributed by atoms with Crippen LogP contribution in [0.5, 0.6) is 0 Å². The highest BCUT2D eigenvalue weighted by atomic mass is 32.1. The van der Waals surface area contributed by atoms with E-state index in [0.717, 1.165) is 54.9 Å². The predicted molar refractivity (Wildman–Crippen MR) is 103 cm³/mol. The minimum atomic E-state index is -0.0173. The van der Waals surface area contributed by atoms with Crippen LogP contribution in [0.4, 0.5) is 0 Å². The minimum absolute atomic E-state index is 0.0173. The number of nitrogens with zero attached hydrogens (tertiary/aromatic N) is 2. The molecule has 0 spiro atoms. The Hall–Kier alpha value is -2.21. The predicted octanol–water partition coefficient (Wildman–Crippen LogP) is 3.20. The van der Waals surface area contributed by atoms with Crippen molar-refractivity contribution in [1.82, 2.24) is 15.2 Å². The van der Waals surface area contributed by atoms with Crippen molar-refractivity contribution in [3.63, 3.8) is 0 Å². The molecule has 0 unspecified atom stereocenters. The van der Waals surface area contributed by atoms with Gasteiger partial charge in [-0.15, -0.1) is 11.3 Å². The van der Waals surface area contributed by atoms with Gasteiger partial charge in [-0.3, -0.25) is 9.59 Å². The monoisotopic (exact) mass is 371 g/mol. The standard InChI is InChI=1S/C20H25N3O2S/c1-15-5-2-3-6-17(15)20(25)22-16-9-12-23(13-10-16)19(24)8-4-7-18-21-11-14-26-18/h2-3,5-6,11,14,16H,4,7-10,12-13H2,1H3,(H,22,25). The van der Waals surface area contributed by atoms with E-state index < -0.39 is 0 Å². The Balaban J connectivity index is 1.40. The Morgan fingerprint density at radius 2 is 2.04 bits per heavy atom. The van der Waals surface area contributed by atoms with Gasteiger partial charge < -0.3 is 10.2 Å².